The third kappa shape index (κ3) is 6.36. The maximum Gasteiger partial charge on any atom is 0.389 e. The first-order chi connectivity index (χ1) is 19.0. The number of amides is 2. The standard InChI is InChI=1S/C29H24F5N3O3/c1-3-4-11-36-26(38)18-12-17(13-20(31)14-18)21-15-22-24(27(39)35-2)25(16-5-7-19(30)8-6-16)40-28(22)37-23(21)9-10-29(32,33)34/h3,5-8,12-15H,1,4,9-11H2,2H3,(H,35,39)(H,36,38). The fourth-order valence-corrected chi connectivity index (χ4v) is 4.18. The van der Waals surface area contributed by atoms with Gasteiger partial charge in [0.25, 0.3) is 11.8 Å². The molecule has 40 heavy (non-hydrogen) atoms. The van der Waals surface area contributed by atoms with Gasteiger partial charge in [0.2, 0.25) is 5.71 Å². The summed E-state index contributed by atoms with van der Waals surface area (Å²) in [6, 6.07) is 9.91. The highest BCUT2D eigenvalue weighted by Crippen LogP contribution is 2.38. The fraction of sp³-hybridized carbons (Fsp3) is 0.207. The van der Waals surface area contributed by atoms with Crippen LogP contribution in [0.3, 0.4) is 0 Å². The van der Waals surface area contributed by atoms with Crippen LogP contribution in [0.5, 0.6) is 0 Å². The van der Waals surface area contributed by atoms with Crippen molar-refractivity contribution in [2.75, 3.05) is 13.6 Å². The number of nitrogens with zero attached hydrogens (tertiary/aromatic N) is 1. The van der Waals surface area contributed by atoms with Crippen LogP contribution in [0.2, 0.25) is 0 Å². The van der Waals surface area contributed by atoms with E-state index >= 15 is 0 Å². The molecule has 2 amide bonds. The number of fused-ring (bicyclic) bond motifs is 1. The summed E-state index contributed by atoms with van der Waals surface area (Å²) in [6.45, 7) is 3.83. The van der Waals surface area contributed by atoms with Crippen molar-refractivity contribution in [1.29, 1.82) is 0 Å². The number of nitrogens with one attached hydrogen (secondary N) is 2. The van der Waals surface area contributed by atoms with Crippen LogP contribution in [0.4, 0.5) is 22.0 Å². The highest BCUT2D eigenvalue weighted by molar-refractivity contribution is 6.11. The molecular formula is C29H24F5N3O3. The van der Waals surface area contributed by atoms with Gasteiger partial charge in [-0.25, -0.2) is 13.8 Å². The summed E-state index contributed by atoms with van der Waals surface area (Å²) >= 11 is 0. The highest BCUT2D eigenvalue weighted by Gasteiger charge is 2.29. The number of furan rings is 1. The van der Waals surface area contributed by atoms with Crippen molar-refractivity contribution in [2.24, 2.45) is 0 Å². The van der Waals surface area contributed by atoms with Crippen molar-refractivity contribution in [3.63, 3.8) is 0 Å². The Morgan fingerprint density at radius 3 is 2.38 bits per heavy atom. The Balaban J connectivity index is 1.93. The Hall–Kier alpha value is -4.54. The lowest BCUT2D eigenvalue weighted by atomic mass is 9.96. The van der Waals surface area contributed by atoms with Gasteiger partial charge in [0.1, 0.15) is 17.4 Å². The molecule has 4 rings (SSSR count). The molecule has 0 unspecified atom stereocenters. The van der Waals surface area contributed by atoms with Crippen molar-refractivity contribution in [3.8, 4) is 22.5 Å². The molecule has 2 aromatic carbocycles. The van der Waals surface area contributed by atoms with Crippen LogP contribution in [0.25, 0.3) is 33.6 Å². The Bertz CT molecular complexity index is 1580. The predicted molar refractivity (Wildman–Crippen MR) is 140 cm³/mol. The van der Waals surface area contributed by atoms with Crippen LogP contribution >= 0.6 is 0 Å². The summed E-state index contributed by atoms with van der Waals surface area (Å²) in [6.07, 6.45) is -4.23. The number of halogens is 5. The van der Waals surface area contributed by atoms with Crippen molar-refractivity contribution in [3.05, 3.63) is 89.6 Å². The summed E-state index contributed by atoms with van der Waals surface area (Å²) in [5.41, 5.74) is 0.279. The maximum absolute atomic E-state index is 14.7. The van der Waals surface area contributed by atoms with Gasteiger partial charge in [-0.3, -0.25) is 9.59 Å². The summed E-state index contributed by atoms with van der Waals surface area (Å²) in [5.74, 6) is -2.45. The fourth-order valence-electron chi connectivity index (χ4n) is 4.18. The molecule has 0 aliphatic rings. The van der Waals surface area contributed by atoms with Gasteiger partial charge >= 0.3 is 6.18 Å². The zero-order valence-corrected chi connectivity index (χ0v) is 21.3. The molecule has 2 N–H and O–H groups in total. The average Bonchev–Trinajstić information content (AvgIpc) is 3.29. The van der Waals surface area contributed by atoms with Crippen LogP contribution in [-0.4, -0.2) is 36.6 Å². The first-order valence-electron chi connectivity index (χ1n) is 12.2. The number of aryl methyl sites for hydroxylation is 1. The molecule has 208 valence electrons. The van der Waals surface area contributed by atoms with Crippen molar-refractivity contribution in [1.82, 2.24) is 15.6 Å². The summed E-state index contributed by atoms with van der Waals surface area (Å²) < 4.78 is 73.6. The molecule has 6 nitrogen and oxygen atoms in total. The number of hydrogen-bond acceptors (Lipinski definition) is 4. The van der Waals surface area contributed by atoms with E-state index < -0.39 is 42.5 Å². The zero-order chi connectivity index (χ0) is 29.0. The van der Waals surface area contributed by atoms with Gasteiger partial charge in [-0.1, -0.05) is 6.08 Å². The maximum atomic E-state index is 14.7. The molecule has 2 heterocycles. The van der Waals surface area contributed by atoms with Crippen LogP contribution in [0, 0.1) is 11.6 Å². The Labute approximate surface area is 225 Å². The smallest absolute Gasteiger partial charge is 0.389 e. The third-order valence-electron chi connectivity index (χ3n) is 6.07. The second-order valence-electron chi connectivity index (χ2n) is 8.90. The average molecular weight is 558 g/mol. The first kappa shape index (κ1) is 28.5. The monoisotopic (exact) mass is 557 g/mol. The largest absolute Gasteiger partial charge is 0.437 e. The van der Waals surface area contributed by atoms with Crippen molar-refractivity contribution in [2.45, 2.75) is 25.4 Å². The molecule has 0 aliphatic carbocycles. The lowest BCUT2D eigenvalue weighted by Crippen LogP contribution is -2.24. The van der Waals surface area contributed by atoms with Gasteiger partial charge in [0, 0.05) is 36.7 Å². The van der Waals surface area contributed by atoms with E-state index in [1.54, 1.807) is 6.08 Å². The minimum atomic E-state index is -4.51. The predicted octanol–water partition coefficient (Wildman–Crippen LogP) is 6.60. The molecule has 4 aromatic rings. The SMILES string of the molecule is C=CCCNC(=O)c1cc(F)cc(-c2cc3c(C(=O)NC)c(-c4ccc(F)cc4)oc3nc2CCC(F)(F)F)c1. The minimum Gasteiger partial charge on any atom is -0.437 e. The molecule has 2 aromatic heterocycles. The molecule has 0 spiro atoms. The van der Waals surface area contributed by atoms with E-state index in [9.17, 15) is 31.5 Å². The number of pyridine rings is 1. The Morgan fingerprint density at radius 1 is 1.00 bits per heavy atom. The van der Waals surface area contributed by atoms with Crippen LogP contribution in [-0.2, 0) is 6.42 Å². The number of carbonyl (C=O) groups excluding carboxylic acids is 2. The third-order valence-corrected chi connectivity index (χ3v) is 6.07. The Morgan fingerprint density at radius 2 is 1.73 bits per heavy atom. The lowest BCUT2D eigenvalue weighted by Gasteiger charge is -2.13. The molecular weight excluding hydrogens is 533 g/mol. The number of alkyl halides is 3. The molecule has 0 saturated heterocycles. The van der Waals surface area contributed by atoms with Gasteiger partial charge < -0.3 is 15.1 Å². The summed E-state index contributed by atoms with van der Waals surface area (Å²) in [5, 5.41) is 5.25. The molecule has 0 aliphatic heterocycles. The number of benzene rings is 2. The van der Waals surface area contributed by atoms with Crippen LogP contribution in [0.1, 0.15) is 39.3 Å². The molecule has 0 atom stereocenters. The normalized spacial score (nSPS) is 11.4. The van der Waals surface area contributed by atoms with Crippen LogP contribution < -0.4 is 10.6 Å². The summed E-state index contributed by atoms with van der Waals surface area (Å²) in [7, 11) is 1.38. The van der Waals surface area contributed by atoms with E-state index in [0.717, 1.165) is 24.3 Å². The number of hydrogen-bond donors (Lipinski definition) is 2. The van der Waals surface area contributed by atoms with Gasteiger partial charge in [-0.2, -0.15) is 13.2 Å². The highest BCUT2D eigenvalue weighted by atomic mass is 19.4. The second kappa shape index (κ2) is 11.7. The van der Waals surface area contributed by atoms with Gasteiger partial charge in [-0.05, 0) is 66.9 Å². The molecule has 11 heteroatoms. The van der Waals surface area contributed by atoms with Gasteiger partial charge in [0.15, 0.2) is 0 Å². The van der Waals surface area contributed by atoms with E-state index in [-0.39, 0.29) is 51.4 Å². The van der Waals surface area contributed by atoms with Gasteiger partial charge in [0.05, 0.1) is 16.6 Å². The molecule has 0 radical (unpaired) electrons. The van der Waals surface area contributed by atoms with Gasteiger partial charge in [-0.15, -0.1) is 6.58 Å². The first-order valence-corrected chi connectivity index (χ1v) is 12.2. The second-order valence-corrected chi connectivity index (χ2v) is 8.90. The van der Waals surface area contributed by atoms with Crippen LogP contribution in [0.15, 0.2) is 65.6 Å². The van der Waals surface area contributed by atoms with E-state index in [1.807, 2.05) is 0 Å². The Kier molecular flexibility index (Phi) is 8.32. The number of aromatic nitrogens is 1. The van der Waals surface area contributed by atoms with E-state index in [2.05, 4.69) is 22.2 Å². The molecule has 0 fully saturated rings. The summed E-state index contributed by atoms with van der Waals surface area (Å²) in [4.78, 5) is 29.8. The molecule has 0 bridgehead atoms. The zero-order valence-electron chi connectivity index (χ0n) is 21.3. The minimum absolute atomic E-state index is 0.0130. The lowest BCUT2D eigenvalue weighted by molar-refractivity contribution is -0.134. The van der Waals surface area contributed by atoms with Crippen molar-refractivity contribution < 1.29 is 36.0 Å². The van der Waals surface area contributed by atoms with E-state index in [1.165, 1.54) is 31.3 Å². The molecule has 0 saturated carbocycles. The quantitative estimate of drug-likeness (QED) is 0.138. The topological polar surface area (TPSA) is 84.2 Å². The van der Waals surface area contributed by atoms with E-state index in [4.69, 9.17) is 4.42 Å². The van der Waals surface area contributed by atoms with Crippen molar-refractivity contribution >= 4 is 22.9 Å². The number of rotatable bonds is 9. The van der Waals surface area contributed by atoms with E-state index in [0.29, 0.717) is 12.0 Å². The number of carbonyl (C=O) groups is 2.